The first-order valence-corrected chi connectivity index (χ1v) is 13.0. The molecule has 4 aromatic rings. The second-order valence-corrected chi connectivity index (χ2v) is 10.7. The molecule has 0 spiro atoms. The molecule has 1 fully saturated rings. The summed E-state index contributed by atoms with van der Waals surface area (Å²) in [5.41, 5.74) is 2.50. The average molecular weight is 506 g/mol. The topological polar surface area (TPSA) is 70.2 Å². The van der Waals surface area contributed by atoms with Gasteiger partial charge in [-0.25, -0.2) is 9.97 Å². The van der Waals surface area contributed by atoms with Gasteiger partial charge in [-0.3, -0.25) is 4.79 Å². The van der Waals surface area contributed by atoms with E-state index in [-0.39, 0.29) is 5.91 Å². The quantitative estimate of drug-likeness (QED) is 0.300. The van der Waals surface area contributed by atoms with Crippen LogP contribution in [-0.2, 0) is 0 Å². The Morgan fingerprint density at radius 2 is 1.89 bits per heavy atom. The second kappa shape index (κ2) is 9.84. The van der Waals surface area contributed by atoms with Gasteiger partial charge in [0.05, 0.1) is 15.6 Å². The molecule has 1 amide bonds. The molecular weight excluding hydrogens is 478 g/mol. The number of carbonyl (C=O) groups excluding carboxylic acids is 1. The van der Waals surface area contributed by atoms with Gasteiger partial charge in [0.1, 0.15) is 17.5 Å². The summed E-state index contributed by atoms with van der Waals surface area (Å²) in [5, 5.41) is 7.92. The summed E-state index contributed by atoms with van der Waals surface area (Å²) in [6.07, 6.45) is 2.37. The van der Waals surface area contributed by atoms with Gasteiger partial charge in [-0.1, -0.05) is 30.7 Å². The van der Waals surface area contributed by atoms with Crippen LogP contribution in [0.15, 0.2) is 48.5 Å². The fraction of sp³-hybridized carbons (Fsp3) is 0.296. The van der Waals surface area contributed by atoms with Crippen LogP contribution in [0.25, 0.3) is 10.1 Å². The number of amides is 1. The number of hydrogen-bond donors (Lipinski definition) is 2. The summed E-state index contributed by atoms with van der Waals surface area (Å²) in [5.74, 6) is 3.09. The Labute approximate surface area is 214 Å². The highest BCUT2D eigenvalue weighted by Gasteiger charge is 2.18. The zero-order valence-electron chi connectivity index (χ0n) is 20.1. The third-order valence-electron chi connectivity index (χ3n) is 6.41. The van der Waals surface area contributed by atoms with Crippen molar-refractivity contribution in [1.29, 1.82) is 0 Å². The number of benzene rings is 2. The molecule has 0 atom stereocenters. The largest absolute Gasteiger partial charge is 0.356 e. The summed E-state index contributed by atoms with van der Waals surface area (Å²) < 4.78 is 1.04. The lowest BCUT2D eigenvalue weighted by Gasteiger charge is -2.31. The molecule has 2 aromatic heterocycles. The van der Waals surface area contributed by atoms with Crippen molar-refractivity contribution in [2.75, 3.05) is 28.6 Å². The molecule has 2 N–H and O–H groups in total. The lowest BCUT2D eigenvalue weighted by Crippen LogP contribution is -2.33. The maximum atomic E-state index is 12.9. The average Bonchev–Trinajstić information content (AvgIpc) is 3.25. The van der Waals surface area contributed by atoms with Crippen LogP contribution in [-0.4, -0.2) is 29.0 Å². The first-order chi connectivity index (χ1) is 16.9. The lowest BCUT2D eigenvalue weighted by atomic mass is 9.99. The number of nitrogens with one attached hydrogen (secondary N) is 2. The zero-order valence-corrected chi connectivity index (χ0v) is 21.6. The molecule has 0 radical (unpaired) electrons. The van der Waals surface area contributed by atoms with Crippen molar-refractivity contribution < 1.29 is 4.79 Å². The predicted octanol–water partition coefficient (Wildman–Crippen LogP) is 7.19. The van der Waals surface area contributed by atoms with Crippen LogP contribution in [0.4, 0.5) is 23.0 Å². The third-order valence-corrected chi connectivity index (χ3v) is 7.83. The molecule has 6 nitrogen and oxygen atoms in total. The van der Waals surface area contributed by atoms with Crippen molar-refractivity contribution in [3.63, 3.8) is 0 Å². The van der Waals surface area contributed by atoms with Crippen LogP contribution < -0.4 is 15.5 Å². The van der Waals surface area contributed by atoms with Crippen molar-refractivity contribution in [3.8, 4) is 0 Å². The van der Waals surface area contributed by atoms with Gasteiger partial charge in [0.15, 0.2) is 0 Å². The van der Waals surface area contributed by atoms with Crippen LogP contribution in [0.2, 0.25) is 5.02 Å². The maximum Gasteiger partial charge on any atom is 0.265 e. The van der Waals surface area contributed by atoms with Crippen LogP contribution in [0.5, 0.6) is 0 Å². The van der Waals surface area contributed by atoms with Gasteiger partial charge >= 0.3 is 0 Å². The number of piperidine rings is 1. The number of aryl methyl sites for hydroxylation is 2. The Bertz CT molecular complexity index is 1370. The highest BCUT2D eigenvalue weighted by Crippen LogP contribution is 2.32. The Hall–Kier alpha value is -3.16. The van der Waals surface area contributed by atoms with Gasteiger partial charge in [-0.15, -0.1) is 11.3 Å². The van der Waals surface area contributed by atoms with Crippen molar-refractivity contribution in [1.82, 2.24) is 9.97 Å². The molecule has 8 heteroatoms. The minimum absolute atomic E-state index is 0.163. The second-order valence-electron chi connectivity index (χ2n) is 9.20. The van der Waals surface area contributed by atoms with Gasteiger partial charge in [-0.05, 0) is 73.9 Å². The molecule has 180 valence electrons. The molecule has 0 saturated carbocycles. The number of hydrogen-bond acceptors (Lipinski definition) is 6. The minimum Gasteiger partial charge on any atom is -0.356 e. The monoisotopic (exact) mass is 505 g/mol. The number of rotatable bonds is 5. The van der Waals surface area contributed by atoms with Gasteiger partial charge in [0.25, 0.3) is 5.91 Å². The number of anilines is 4. The molecule has 1 aliphatic rings. The van der Waals surface area contributed by atoms with E-state index in [4.69, 9.17) is 11.6 Å². The molecule has 1 aliphatic heterocycles. The fourth-order valence-corrected chi connectivity index (χ4v) is 5.57. The smallest absolute Gasteiger partial charge is 0.265 e. The SMILES string of the molecule is Cc1nc(Nc2ccc3sc(C(=O)Nc4c(C)cccc4Cl)cc3c2)cc(N2CCC(C)CC2)n1. The number of aromatic nitrogens is 2. The summed E-state index contributed by atoms with van der Waals surface area (Å²) >= 11 is 7.74. The fourth-order valence-electron chi connectivity index (χ4n) is 4.36. The number of para-hydroxylation sites is 1. The highest BCUT2D eigenvalue weighted by molar-refractivity contribution is 7.20. The first kappa shape index (κ1) is 23.6. The van der Waals surface area contributed by atoms with Gasteiger partial charge in [-0.2, -0.15) is 0 Å². The van der Waals surface area contributed by atoms with E-state index in [2.05, 4.69) is 32.4 Å². The molecule has 35 heavy (non-hydrogen) atoms. The Morgan fingerprint density at radius 3 is 2.66 bits per heavy atom. The Kier molecular flexibility index (Phi) is 6.62. The van der Waals surface area contributed by atoms with Crippen molar-refractivity contribution in [2.45, 2.75) is 33.6 Å². The molecule has 0 aliphatic carbocycles. The Balaban J connectivity index is 1.35. The van der Waals surface area contributed by atoms with E-state index < -0.39 is 0 Å². The molecule has 3 heterocycles. The van der Waals surface area contributed by atoms with E-state index in [9.17, 15) is 4.79 Å². The van der Waals surface area contributed by atoms with E-state index in [1.807, 2.05) is 56.3 Å². The van der Waals surface area contributed by atoms with Gasteiger partial charge in [0, 0.05) is 29.5 Å². The third kappa shape index (κ3) is 5.26. The summed E-state index contributed by atoms with van der Waals surface area (Å²) in [6.45, 7) is 8.21. The van der Waals surface area contributed by atoms with Crippen molar-refractivity contribution >= 4 is 61.9 Å². The van der Waals surface area contributed by atoms with Crippen LogP contribution in [0.1, 0.15) is 40.8 Å². The number of carbonyl (C=O) groups is 1. The van der Waals surface area contributed by atoms with Crippen LogP contribution in [0.3, 0.4) is 0 Å². The number of halogens is 1. The first-order valence-electron chi connectivity index (χ1n) is 11.8. The lowest BCUT2D eigenvalue weighted by molar-refractivity contribution is 0.103. The predicted molar refractivity (Wildman–Crippen MR) is 147 cm³/mol. The molecule has 1 saturated heterocycles. The number of thiophene rings is 1. The standard InChI is InChI=1S/C27H28ClN5OS/c1-16-9-11-33(12-10-16)25-15-24(29-18(3)30-25)31-20-7-8-22-19(13-20)14-23(35-22)27(34)32-26-17(2)5-4-6-21(26)28/h4-8,13-16H,9-12H2,1-3H3,(H,32,34)(H,29,30,31). The van der Waals surface area contributed by atoms with E-state index >= 15 is 0 Å². The van der Waals surface area contributed by atoms with Gasteiger partial charge < -0.3 is 15.5 Å². The van der Waals surface area contributed by atoms with Crippen LogP contribution >= 0.6 is 22.9 Å². The highest BCUT2D eigenvalue weighted by atomic mass is 35.5. The van der Waals surface area contributed by atoms with E-state index in [1.165, 1.54) is 24.2 Å². The maximum absolute atomic E-state index is 12.9. The number of fused-ring (bicyclic) bond motifs is 1. The van der Waals surface area contributed by atoms with E-state index in [0.717, 1.165) is 57.8 Å². The summed E-state index contributed by atoms with van der Waals surface area (Å²) in [7, 11) is 0. The molecule has 5 rings (SSSR count). The molecular formula is C27H28ClN5OS. The minimum atomic E-state index is -0.163. The summed E-state index contributed by atoms with van der Waals surface area (Å²) in [4.78, 5) is 25.1. The number of nitrogens with zero attached hydrogens (tertiary/aromatic N) is 3. The van der Waals surface area contributed by atoms with E-state index in [0.29, 0.717) is 15.6 Å². The van der Waals surface area contributed by atoms with Crippen molar-refractivity contribution in [2.24, 2.45) is 5.92 Å². The van der Waals surface area contributed by atoms with Gasteiger partial charge in [0.2, 0.25) is 0 Å². The normalized spacial score (nSPS) is 14.3. The van der Waals surface area contributed by atoms with Crippen LogP contribution in [0, 0.1) is 19.8 Å². The van der Waals surface area contributed by atoms with Crippen molar-refractivity contribution in [3.05, 3.63) is 69.8 Å². The zero-order chi connectivity index (χ0) is 24.5. The molecule has 0 unspecified atom stereocenters. The molecule has 0 bridgehead atoms. The summed E-state index contributed by atoms with van der Waals surface area (Å²) in [6, 6.07) is 15.6. The Morgan fingerprint density at radius 1 is 1.09 bits per heavy atom. The van der Waals surface area contributed by atoms with E-state index in [1.54, 1.807) is 6.07 Å². The molecule has 2 aromatic carbocycles.